The van der Waals surface area contributed by atoms with E-state index in [9.17, 15) is 4.79 Å². The van der Waals surface area contributed by atoms with Crippen LogP contribution in [0.1, 0.15) is 15.9 Å². The maximum atomic E-state index is 12.6. The molecule has 20 heavy (non-hydrogen) atoms. The number of carbonyl (C=O) groups is 1. The highest BCUT2D eigenvalue weighted by Gasteiger charge is 2.38. The molecule has 0 radical (unpaired) electrons. The Morgan fingerprint density at radius 3 is 3.00 bits per heavy atom. The van der Waals surface area contributed by atoms with Gasteiger partial charge < -0.3 is 15.0 Å². The molecule has 2 saturated heterocycles. The van der Waals surface area contributed by atoms with Crippen molar-refractivity contribution in [2.24, 2.45) is 0 Å². The first-order chi connectivity index (χ1) is 9.16. The highest BCUT2D eigenvalue weighted by Crippen LogP contribution is 2.23. The van der Waals surface area contributed by atoms with Gasteiger partial charge in [0.15, 0.2) is 0 Å². The summed E-state index contributed by atoms with van der Waals surface area (Å²) >= 11 is 3.49. The number of rotatable bonds is 1. The molecule has 1 N–H and O–H groups in total. The van der Waals surface area contributed by atoms with Crippen molar-refractivity contribution in [1.82, 2.24) is 10.2 Å². The Bertz CT molecular complexity index is 512. The van der Waals surface area contributed by atoms with Crippen molar-refractivity contribution in [2.45, 2.75) is 19.1 Å². The van der Waals surface area contributed by atoms with Crippen LogP contribution in [0.15, 0.2) is 22.7 Å². The van der Waals surface area contributed by atoms with Gasteiger partial charge in [-0.15, -0.1) is 12.4 Å². The predicted octanol–water partition coefficient (Wildman–Crippen LogP) is 1.99. The third-order valence-corrected chi connectivity index (χ3v) is 4.73. The zero-order valence-electron chi connectivity index (χ0n) is 11.3. The average molecular weight is 362 g/mol. The summed E-state index contributed by atoms with van der Waals surface area (Å²) in [5.74, 6) is 0.0997. The van der Waals surface area contributed by atoms with Crippen LogP contribution < -0.4 is 5.32 Å². The third kappa shape index (κ3) is 2.86. The van der Waals surface area contributed by atoms with E-state index in [1.54, 1.807) is 0 Å². The maximum absolute atomic E-state index is 12.6. The van der Waals surface area contributed by atoms with Crippen molar-refractivity contribution in [3.05, 3.63) is 33.8 Å². The lowest BCUT2D eigenvalue weighted by atomic mass is 10.1. The molecule has 2 heterocycles. The van der Waals surface area contributed by atoms with Gasteiger partial charge in [-0.3, -0.25) is 4.79 Å². The van der Waals surface area contributed by atoms with E-state index < -0.39 is 0 Å². The number of carbonyl (C=O) groups excluding carboxylic acids is 1. The van der Waals surface area contributed by atoms with E-state index in [1.165, 1.54) is 0 Å². The van der Waals surface area contributed by atoms with Crippen LogP contribution in [-0.2, 0) is 4.74 Å². The molecule has 2 fully saturated rings. The average Bonchev–Trinajstić information content (AvgIpc) is 2.89. The normalized spacial score (nSPS) is 25.0. The first kappa shape index (κ1) is 15.8. The maximum Gasteiger partial charge on any atom is 0.254 e. The monoisotopic (exact) mass is 360 g/mol. The summed E-state index contributed by atoms with van der Waals surface area (Å²) < 4.78 is 6.67. The summed E-state index contributed by atoms with van der Waals surface area (Å²) in [5.41, 5.74) is 1.88. The highest BCUT2D eigenvalue weighted by molar-refractivity contribution is 9.10. The molecule has 0 unspecified atom stereocenters. The first-order valence-electron chi connectivity index (χ1n) is 6.56. The van der Waals surface area contributed by atoms with Gasteiger partial charge in [0.05, 0.1) is 18.8 Å². The molecule has 0 bridgehead atoms. The summed E-state index contributed by atoms with van der Waals surface area (Å²) in [6, 6.07) is 5.95. The summed E-state index contributed by atoms with van der Waals surface area (Å²) in [5, 5.41) is 3.29. The van der Waals surface area contributed by atoms with Crippen molar-refractivity contribution >= 4 is 34.2 Å². The minimum atomic E-state index is 0. The molecule has 2 aliphatic heterocycles. The van der Waals surface area contributed by atoms with Crippen molar-refractivity contribution in [3.8, 4) is 0 Å². The molecule has 0 aromatic heterocycles. The Kier molecular flexibility index (Phi) is 5.07. The molecule has 2 aliphatic rings. The molecule has 0 saturated carbocycles. The van der Waals surface area contributed by atoms with Crippen LogP contribution in [0.5, 0.6) is 0 Å². The van der Waals surface area contributed by atoms with Crippen molar-refractivity contribution < 1.29 is 9.53 Å². The number of amides is 1. The third-order valence-electron chi connectivity index (χ3n) is 3.87. The van der Waals surface area contributed by atoms with E-state index in [4.69, 9.17) is 4.74 Å². The lowest BCUT2D eigenvalue weighted by molar-refractivity contribution is -0.0364. The van der Waals surface area contributed by atoms with E-state index in [-0.39, 0.29) is 30.5 Å². The molecule has 1 amide bonds. The molecule has 1 aromatic carbocycles. The quantitative estimate of drug-likeness (QED) is 0.832. The van der Waals surface area contributed by atoms with Crippen LogP contribution in [0.25, 0.3) is 0 Å². The van der Waals surface area contributed by atoms with Crippen LogP contribution in [0.3, 0.4) is 0 Å². The number of halogens is 2. The van der Waals surface area contributed by atoms with Crippen LogP contribution in [0, 0.1) is 6.92 Å². The Balaban J connectivity index is 0.00000147. The van der Waals surface area contributed by atoms with E-state index in [2.05, 4.69) is 21.2 Å². The smallest absolute Gasteiger partial charge is 0.254 e. The van der Waals surface area contributed by atoms with Gasteiger partial charge in [-0.25, -0.2) is 0 Å². The topological polar surface area (TPSA) is 41.6 Å². The Labute approximate surface area is 133 Å². The van der Waals surface area contributed by atoms with Gasteiger partial charge in [-0.2, -0.15) is 0 Å². The van der Waals surface area contributed by atoms with Gasteiger partial charge in [0.2, 0.25) is 0 Å². The zero-order chi connectivity index (χ0) is 13.4. The van der Waals surface area contributed by atoms with Gasteiger partial charge in [-0.1, -0.05) is 22.0 Å². The fourth-order valence-electron chi connectivity index (χ4n) is 2.73. The number of nitrogens with one attached hydrogen (secondary N) is 1. The molecule has 2 atom stereocenters. The summed E-state index contributed by atoms with van der Waals surface area (Å²) in [6.07, 6.45) is 0.145. The van der Waals surface area contributed by atoms with Crippen LogP contribution in [0.2, 0.25) is 0 Å². The fourth-order valence-corrected chi connectivity index (χ4v) is 3.11. The van der Waals surface area contributed by atoms with E-state index in [0.717, 1.165) is 28.7 Å². The predicted molar refractivity (Wildman–Crippen MR) is 83.6 cm³/mol. The summed E-state index contributed by atoms with van der Waals surface area (Å²) in [4.78, 5) is 14.6. The van der Waals surface area contributed by atoms with Crippen molar-refractivity contribution in [3.63, 3.8) is 0 Å². The van der Waals surface area contributed by atoms with Crippen LogP contribution in [-0.4, -0.2) is 49.2 Å². The number of nitrogens with zero attached hydrogens (tertiary/aromatic N) is 1. The van der Waals surface area contributed by atoms with Crippen molar-refractivity contribution in [1.29, 1.82) is 0 Å². The second-order valence-electron chi connectivity index (χ2n) is 5.10. The number of fused-ring (bicyclic) bond motifs is 1. The summed E-state index contributed by atoms with van der Waals surface area (Å²) in [7, 11) is 0. The number of ether oxygens (including phenoxy) is 1. The van der Waals surface area contributed by atoms with Gasteiger partial charge in [0.25, 0.3) is 5.91 Å². The van der Waals surface area contributed by atoms with Crippen molar-refractivity contribution in [2.75, 3.05) is 26.2 Å². The lowest BCUT2D eigenvalue weighted by Crippen LogP contribution is -2.53. The summed E-state index contributed by atoms with van der Waals surface area (Å²) in [6.45, 7) is 4.98. The second kappa shape index (κ2) is 6.43. The SMILES string of the molecule is Cc1ccc(C(=O)N2CCO[C@H]3CNC[C@H]32)cc1Br.Cl. The Morgan fingerprint density at radius 1 is 1.45 bits per heavy atom. The molecule has 0 aliphatic carbocycles. The van der Waals surface area contributed by atoms with Crippen LogP contribution in [0.4, 0.5) is 0 Å². The zero-order valence-corrected chi connectivity index (χ0v) is 13.7. The van der Waals surface area contributed by atoms with Gasteiger partial charge in [0.1, 0.15) is 0 Å². The minimum absolute atomic E-state index is 0. The molecule has 0 spiro atoms. The largest absolute Gasteiger partial charge is 0.373 e. The lowest BCUT2D eigenvalue weighted by Gasteiger charge is -2.37. The van der Waals surface area contributed by atoms with E-state index in [1.807, 2.05) is 30.0 Å². The molecular formula is C14H18BrClN2O2. The Hall–Kier alpha value is -0.620. The Morgan fingerprint density at radius 2 is 2.25 bits per heavy atom. The number of hydrogen-bond donors (Lipinski definition) is 1. The molecule has 6 heteroatoms. The highest BCUT2D eigenvalue weighted by atomic mass is 79.9. The molecule has 110 valence electrons. The number of aryl methyl sites for hydroxylation is 1. The van der Waals surface area contributed by atoms with E-state index >= 15 is 0 Å². The first-order valence-corrected chi connectivity index (χ1v) is 7.35. The standard InChI is InChI=1S/C14H17BrN2O2.ClH/c1-9-2-3-10(6-11(9)15)14(18)17-4-5-19-13-8-16-7-12(13)17;/h2-3,6,12-13,16H,4-5,7-8H2,1H3;1H/t12-,13+;/m1./s1. The van der Waals surface area contributed by atoms with E-state index in [0.29, 0.717) is 13.2 Å². The van der Waals surface area contributed by atoms with Gasteiger partial charge in [-0.05, 0) is 24.6 Å². The minimum Gasteiger partial charge on any atom is -0.373 e. The molecule has 3 rings (SSSR count). The fraction of sp³-hybridized carbons (Fsp3) is 0.500. The van der Waals surface area contributed by atoms with Crippen LogP contribution >= 0.6 is 28.3 Å². The molecule has 1 aromatic rings. The molecular weight excluding hydrogens is 344 g/mol. The molecule has 4 nitrogen and oxygen atoms in total. The number of benzene rings is 1. The number of hydrogen-bond acceptors (Lipinski definition) is 3. The van der Waals surface area contributed by atoms with Gasteiger partial charge in [0, 0.05) is 29.7 Å². The second-order valence-corrected chi connectivity index (χ2v) is 5.95. The number of morpholine rings is 1. The van der Waals surface area contributed by atoms with Gasteiger partial charge >= 0.3 is 0 Å².